The predicted octanol–water partition coefficient (Wildman–Crippen LogP) is 4.56. The van der Waals surface area contributed by atoms with Gasteiger partial charge in [-0.05, 0) is 40.5 Å². The molecule has 0 bridgehead atoms. The average Bonchev–Trinajstić information content (AvgIpc) is 3.11. The molecule has 2 amide bonds. The van der Waals surface area contributed by atoms with E-state index in [2.05, 4.69) is 34.9 Å². The second-order valence-corrected chi connectivity index (χ2v) is 9.96. The van der Waals surface area contributed by atoms with Crippen molar-refractivity contribution in [3.05, 3.63) is 59.7 Å². The number of benzene rings is 2. The van der Waals surface area contributed by atoms with E-state index in [4.69, 9.17) is 9.84 Å². The molecule has 1 aliphatic rings. The fourth-order valence-electron chi connectivity index (χ4n) is 4.45. The van der Waals surface area contributed by atoms with Crippen molar-refractivity contribution < 1.29 is 24.2 Å². The zero-order chi connectivity index (χ0) is 24.7. The fraction of sp³-hybridized carbons (Fsp3) is 0.444. The highest BCUT2D eigenvalue weighted by Gasteiger charge is 2.30. The number of ether oxygens (including phenoxy) is 1. The lowest BCUT2D eigenvalue weighted by molar-refractivity contribution is -0.137. The molecule has 2 aromatic carbocycles. The second-order valence-electron chi connectivity index (χ2n) is 9.96. The summed E-state index contributed by atoms with van der Waals surface area (Å²) in [6, 6.07) is 16.3. The number of alkyl carbamates (subject to hydrolysis) is 1. The van der Waals surface area contributed by atoms with Crippen LogP contribution < -0.4 is 10.6 Å². The molecule has 3 rings (SSSR count). The lowest BCUT2D eigenvalue weighted by Gasteiger charge is -2.25. The largest absolute Gasteiger partial charge is 0.481 e. The summed E-state index contributed by atoms with van der Waals surface area (Å²) >= 11 is 0. The van der Waals surface area contributed by atoms with Crippen LogP contribution in [0.1, 0.15) is 57.1 Å². The van der Waals surface area contributed by atoms with E-state index in [0.29, 0.717) is 12.8 Å². The number of fused-ring (bicyclic) bond motifs is 3. The molecule has 1 unspecified atom stereocenters. The number of carboxylic acids is 1. The molecule has 0 spiro atoms. The molecule has 1 atom stereocenters. The van der Waals surface area contributed by atoms with Crippen LogP contribution in [-0.4, -0.2) is 42.8 Å². The van der Waals surface area contributed by atoms with Gasteiger partial charge < -0.3 is 20.5 Å². The molecule has 7 heteroatoms. The van der Waals surface area contributed by atoms with Crippen LogP contribution >= 0.6 is 0 Å². The Kier molecular flexibility index (Phi) is 8.31. The molecule has 7 nitrogen and oxygen atoms in total. The Hall–Kier alpha value is -3.35. The molecule has 3 N–H and O–H groups in total. The van der Waals surface area contributed by atoms with Gasteiger partial charge in [-0.1, -0.05) is 69.3 Å². The predicted molar refractivity (Wildman–Crippen MR) is 131 cm³/mol. The first-order valence-corrected chi connectivity index (χ1v) is 11.7. The quantitative estimate of drug-likeness (QED) is 0.445. The van der Waals surface area contributed by atoms with Crippen LogP contribution in [0.5, 0.6) is 0 Å². The van der Waals surface area contributed by atoms with Crippen LogP contribution in [0.25, 0.3) is 11.1 Å². The molecular weight excluding hydrogens is 432 g/mol. The van der Waals surface area contributed by atoms with Gasteiger partial charge in [-0.25, -0.2) is 4.79 Å². The number of carbonyl (C=O) groups is 3. The van der Waals surface area contributed by atoms with Gasteiger partial charge in [0.05, 0.1) is 5.92 Å². The van der Waals surface area contributed by atoms with Gasteiger partial charge in [-0.3, -0.25) is 9.59 Å². The molecule has 34 heavy (non-hydrogen) atoms. The maximum absolute atomic E-state index is 12.7. The Balaban J connectivity index is 1.55. The van der Waals surface area contributed by atoms with Crippen molar-refractivity contribution in [2.75, 3.05) is 19.7 Å². The summed E-state index contributed by atoms with van der Waals surface area (Å²) in [7, 11) is 0. The van der Waals surface area contributed by atoms with E-state index in [9.17, 15) is 14.4 Å². The van der Waals surface area contributed by atoms with Gasteiger partial charge in [0.1, 0.15) is 6.61 Å². The summed E-state index contributed by atoms with van der Waals surface area (Å²) < 4.78 is 5.58. The first kappa shape index (κ1) is 25.3. The van der Waals surface area contributed by atoms with E-state index in [0.717, 1.165) is 22.3 Å². The fourth-order valence-corrected chi connectivity index (χ4v) is 4.45. The SMILES string of the molecule is CC(C)(C)CC(CNC(=O)OCC1c2ccccc2-c2ccccc21)C(=O)NCCCC(=O)O. The summed E-state index contributed by atoms with van der Waals surface area (Å²) in [6.45, 7) is 6.75. The van der Waals surface area contributed by atoms with Gasteiger partial charge in [0.25, 0.3) is 0 Å². The Morgan fingerprint density at radius 2 is 1.56 bits per heavy atom. The van der Waals surface area contributed by atoms with Gasteiger partial charge in [-0.15, -0.1) is 0 Å². The number of carbonyl (C=O) groups excluding carboxylic acids is 2. The van der Waals surface area contributed by atoms with Crippen molar-refractivity contribution in [1.29, 1.82) is 0 Å². The van der Waals surface area contributed by atoms with Crippen molar-refractivity contribution in [3.8, 4) is 11.1 Å². The summed E-state index contributed by atoms with van der Waals surface area (Å²) in [5, 5.41) is 14.3. The van der Waals surface area contributed by atoms with E-state index in [1.165, 1.54) is 0 Å². The minimum atomic E-state index is -0.891. The van der Waals surface area contributed by atoms with Crippen LogP contribution in [0.4, 0.5) is 4.79 Å². The summed E-state index contributed by atoms with van der Waals surface area (Å²) in [6.07, 6.45) is 0.381. The van der Waals surface area contributed by atoms with Crippen molar-refractivity contribution in [1.82, 2.24) is 10.6 Å². The standard InChI is InChI=1S/C27H34N2O5/c1-27(2,3)15-18(25(32)28-14-8-13-24(30)31)16-29-26(33)34-17-23-21-11-6-4-9-19(21)20-10-5-7-12-22(20)23/h4-7,9-12,18,23H,8,13-17H2,1-3H3,(H,28,32)(H,29,33)(H,30,31). The third-order valence-electron chi connectivity index (χ3n) is 5.93. The average molecular weight is 467 g/mol. The smallest absolute Gasteiger partial charge is 0.407 e. The zero-order valence-electron chi connectivity index (χ0n) is 20.1. The third-order valence-corrected chi connectivity index (χ3v) is 5.93. The highest BCUT2D eigenvalue weighted by Crippen LogP contribution is 2.44. The second kappa shape index (κ2) is 11.2. The molecule has 2 aromatic rings. The van der Waals surface area contributed by atoms with E-state index in [1.54, 1.807) is 0 Å². The van der Waals surface area contributed by atoms with Crippen molar-refractivity contribution >= 4 is 18.0 Å². The monoisotopic (exact) mass is 466 g/mol. The highest BCUT2D eigenvalue weighted by atomic mass is 16.5. The van der Waals surface area contributed by atoms with Crippen LogP contribution in [0.3, 0.4) is 0 Å². The topological polar surface area (TPSA) is 105 Å². The van der Waals surface area contributed by atoms with E-state index in [1.807, 2.05) is 45.0 Å². The number of rotatable bonds is 10. The Labute approximate surface area is 200 Å². The van der Waals surface area contributed by atoms with Crippen molar-refractivity contribution in [2.24, 2.45) is 11.3 Å². The molecule has 0 fully saturated rings. The van der Waals surface area contributed by atoms with Crippen LogP contribution in [0.2, 0.25) is 0 Å². The van der Waals surface area contributed by atoms with Gasteiger partial charge in [0.2, 0.25) is 5.91 Å². The molecule has 0 aliphatic heterocycles. The number of carboxylic acid groups (broad SMARTS) is 1. The van der Waals surface area contributed by atoms with Crippen LogP contribution in [0.15, 0.2) is 48.5 Å². The maximum Gasteiger partial charge on any atom is 0.407 e. The lowest BCUT2D eigenvalue weighted by atomic mass is 9.84. The number of amides is 2. The maximum atomic E-state index is 12.7. The number of hydrogen-bond donors (Lipinski definition) is 3. The zero-order valence-corrected chi connectivity index (χ0v) is 20.1. The first-order valence-electron chi connectivity index (χ1n) is 11.7. The molecule has 0 saturated carbocycles. The number of nitrogens with one attached hydrogen (secondary N) is 2. The minimum absolute atomic E-state index is 0.00220. The van der Waals surface area contributed by atoms with E-state index >= 15 is 0 Å². The Morgan fingerprint density at radius 3 is 2.12 bits per heavy atom. The molecule has 1 aliphatic carbocycles. The Morgan fingerprint density at radius 1 is 0.971 bits per heavy atom. The van der Waals surface area contributed by atoms with Crippen molar-refractivity contribution in [3.63, 3.8) is 0 Å². The normalized spacial score (nSPS) is 13.5. The third kappa shape index (κ3) is 6.83. The van der Waals surface area contributed by atoms with Gasteiger partial charge in [-0.2, -0.15) is 0 Å². The lowest BCUT2D eigenvalue weighted by Crippen LogP contribution is -2.41. The molecule has 182 valence electrons. The van der Waals surface area contributed by atoms with Crippen LogP contribution in [0, 0.1) is 11.3 Å². The summed E-state index contributed by atoms with van der Waals surface area (Å²) in [5.41, 5.74) is 4.49. The van der Waals surface area contributed by atoms with Gasteiger partial charge >= 0.3 is 12.1 Å². The Bertz CT molecular complexity index is 982. The van der Waals surface area contributed by atoms with Gasteiger partial charge in [0.15, 0.2) is 0 Å². The van der Waals surface area contributed by atoms with E-state index in [-0.39, 0.29) is 43.4 Å². The summed E-state index contributed by atoms with van der Waals surface area (Å²) in [5.74, 6) is -1.55. The minimum Gasteiger partial charge on any atom is -0.481 e. The highest BCUT2D eigenvalue weighted by molar-refractivity contribution is 5.80. The van der Waals surface area contributed by atoms with Crippen LogP contribution in [-0.2, 0) is 14.3 Å². The number of aliphatic carboxylic acids is 1. The van der Waals surface area contributed by atoms with Gasteiger partial charge in [0, 0.05) is 25.4 Å². The molecule has 0 heterocycles. The molecule has 0 saturated heterocycles. The number of hydrogen-bond acceptors (Lipinski definition) is 4. The first-order chi connectivity index (χ1) is 16.2. The van der Waals surface area contributed by atoms with Crippen molar-refractivity contribution in [2.45, 2.75) is 46.0 Å². The molecular formula is C27H34N2O5. The molecule has 0 radical (unpaired) electrons. The molecule has 0 aromatic heterocycles. The van der Waals surface area contributed by atoms with E-state index < -0.39 is 18.0 Å². The summed E-state index contributed by atoms with van der Waals surface area (Å²) in [4.78, 5) is 35.9.